The zero-order valence-corrected chi connectivity index (χ0v) is 14.1. The van der Waals surface area contributed by atoms with Gasteiger partial charge in [0.15, 0.2) is 0 Å². The maximum absolute atomic E-state index is 12.2. The molecule has 0 aliphatic rings. The molecule has 0 aliphatic heterocycles. The van der Waals surface area contributed by atoms with Gasteiger partial charge in [-0.15, -0.1) is 0 Å². The largest absolute Gasteiger partial charge is 0.349 e. The van der Waals surface area contributed by atoms with E-state index in [4.69, 9.17) is 4.98 Å². The molecule has 0 spiro atoms. The second-order valence-electron chi connectivity index (χ2n) is 6.33. The monoisotopic (exact) mass is 318 g/mol. The Labute approximate surface area is 142 Å². The molecule has 0 fully saturated rings. The fourth-order valence-corrected chi connectivity index (χ4v) is 2.71. The van der Waals surface area contributed by atoms with Gasteiger partial charge in [-0.2, -0.15) is 0 Å². The van der Waals surface area contributed by atoms with Crippen molar-refractivity contribution in [2.45, 2.75) is 26.3 Å². The van der Waals surface area contributed by atoms with Crippen LogP contribution in [0.1, 0.15) is 31.1 Å². The number of hydrogen-bond acceptors (Lipinski definition) is 2. The van der Waals surface area contributed by atoms with E-state index in [9.17, 15) is 4.79 Å². The van der Waals surface area contributed by atoms with E-state index in [0.717, 1.165) is 22.2 Å². The van der Waals surface area contributed by atoms with Crippen molar-refractivity contribution in [2.24, 2.45) is 5.92 Å². The third kappa shape index (κ3) is 3.80. The zero-order valence-electron chi connectivity index (χ0n) is 14.1. The van der Waals surface area contributed by atoms with Crippen molar-refractivity contribution in [3.8, 4) is 0 Å². The number of benzene rings is 2. The molecule has 0 bridgehead atoms. The Kier molecular flexibility index (Phi) is 4.90. The van der Waals surface area contributed by atoms with Gasteiger partial charge >= 0.3 is 0 Å². The van der Waals surface area contributed by atoms with Gasteiger partial charge in [-0.05, 0) is 17.7 Å². The molecule has 24 heavy (non-hydrogen) atoms. The summed E-state index contributed by atoms with van der Waals surface area (Å²) < 4.78 is 0. The van der Waals surface area contributed by atoms with Crippen LogP contribution < -0.4 is 5.32 Å². The number of nitrogens with one attached hydrogen (secondary N) is 1. The van der Waals surface area contributed by atoms with Crippen molar-refractivity contribution in [1.29, 1.82) is 0 Å². The molecule has 3 aromatic rings. The molecule has 122 valence electrons. The Bertz CT molecular complexity index is 827. The Morgan fingerprint density at radius 1 is 0.958 bits per heavy atom. The van der Waals surface area contributed by atoms with Gasteiger partial charge in [0.25, 0.3) is 0 Å². The van der Waals surface area contributed by atoms with Crippen molar-refractivity contribution in [3.63, 3.8) is 0 Å². The van der Waals surface area contributed by atoms with E-state index in [-0.39, 0.29) is 17.9 Å². The van der Waals surface area contributed by atoms with Crippen molar-refractivity contribution >= 4 is 16.8 Å². The fourth-order valence-electron chi connectivity index (χ4n) is 2.71. The summed E-state index contributed by atoms with van der Waals surface area (Å²) in [5, 5.41) is 4.28. The van der Waals surface area contributed by atoms with E-state index < -0.39 is 0 Å². The molecule has 0 radical (unpaired) electrons. The summed E-state index contributed by atoms with van der Waals surface area (Å²) in [5.41, 5.74) is 3.06. The molecule has 1 aromatic heterocycles. The highest BCUT2D eigenvalue weighted by Crippen LogP contribution is 2.20. The van der Waals surface area contributed by atoms with Crippen LogP contribution in [0, 0.1) is 5.92 Å². The standard InChI is InChI=1S/C21H22N2O/c1-15(2)21(24)23-20(16-8-4-3-5-9-16)14-18-13-12-17-10-6-7-11-19(17)22-18/h3-13,15,20H,14H2,1-2H3,(H,23,24). The quantitative estimate of drug-likeness (QED) is 0.762. The molecule has 1 atom stereocenters. The van der Waals surface area contributed by atoms with E-state index in [1.54, 1.807) is 0 Å². The van der Waals surface area contributed by atoms with Gasteiger partial charge in [-0.3, -0.25) is 9.78 Å². The lowest BCUT2D eigenvalue weighted by molar-refractivity contribution is -0.124. The maximum atomic E-state index is 12.2. The molecule has 0 saturated carbocycles. The molecular weight excluding hydrogens is 296 g/mol. The molecule has 1 heterocycles. The van der Waals surface area contributed by atoms with Gasteiger partial charge in [0.1, 0.15) is 0 Å². The van der Waals surface area contributed by atoms with Crippen molar-refractivity contribution in [2.75, 3.05) is 0 Å². The molecule has 3 heteroatoms. The van der Waals surface area contributed by atoms with E-state index in [0.29, 0.717) is 6.42 Å². The summed E-state index contributed by atoms with van der Waals surface area (Å²) in [6, 6.07) is 22.2. The zero-order chi connectivity index (χ0) is 16.9. The number of para-hydroxylation sites is 1. The topological polar surface area (TPSA) is 42.0 Å². The normalized spacial score (nSPS) is 12.3. The number of hydrogen-bond donors (Lipinski definition) is 1. The fraction of sp³-hybridized carbons (Fsp3) is 0.238. The lowest BCUT2D eigenvalue weighted by Crippen LogP contribution is -2.33. The van der Waals surface area contributed by atoms with E-state index in [1.165, 1.54) is 0 Å². The highest BCUT2D eigenvalue weighted by Gasteiger charge is 2.17. The number of aromatic nitrogens is 1. The summed E-state index contributed by atoms with van der Waals surface area (Å²) in [4.78, 5) is 16.9. The average Bonchev–Trinajstić information content (AvgIpc) is 2.61. The molecule has 1 unspecified atom stereocenters. The summed E-state index contributed by atoms with van der Waals surface area (Å²) in [5.74, 6) is 0.0189. The summed E-state index contributed by atoms with van der Waals surface area (Å²) in [6.45, 7) is 3.82. The summed E-state index contributed by atoms with van der Waals surface area (Å²) in [6.07, 6.45) is 0.674. The average molecular weight is 318 g/mol. The van der Waals surface area contributed by atoms with Crippen LogP contribution in [0.25, 0.3) is 10.9 Å². The predicted molar refractivity (Wildman–Crippen MR) is 97.6 cm³/mol. The first-order valence-corrected chi connectivity index (χ1v) is 8.33. The van der Waals surface area contributed by atoms with Gasteiger partial charge in [-0.25, -0.2) is 0 Å². The number of amides is 1. The Hall–Kier alpha value is -2.68. The van der Waals surface area contributed by atoms with E-state index >= 15 is 0 Å². The van der Waals surface area contributed by atoms with Crippen LogP contribution in [0.4, 0.5) is 0 Å². The minimum absolute atomic E-state index is 0.0409. The van der Waals surface area contributed by atoms with E-state index in [1.807, 2.05) is 68.4 Å². The lowest BCUT2D eigenvalue weighted by atomic mass is 10.00. The highest BCUT2D eigenvalue weighted by atomic mass is 16.1. The Morgan fingerprint density at radius 2 is 1.67 bits per heavy atom. The molecular formula is C21H22N2O. The Morgan fingerprint density at radius 3 is 2.42 bits per heavy atom. The smallest absolute Gasteiger partial charge is 0.223 e. The van der Waals surface area contributed by atoms with Crippen LogP contribution in [0.3, 0.4) is 0 Å². The van der Waals surface area contributed by atoms with Gasteiger partial charge in [-0.1, -0.05) is 68.4 Å². The number of pyridine rings is 1. The minimum atomic E-state index is -0.0743. The first kappa shape index (κ1) is 16.2. The number of fused-ring (bicyclic) bond motifs is 1. The first-order chi connectivity index (χ1) is 11.6. The molecule has 3 rings (SSSR count). The molecule has 1 N–H and O–H groups in total. The molecule has 1 amide bonds. The Balaban J connectivity index is 1.88. The van der Waals surface area contributed by atoms with Crippen LogP contribution >= 0.6 is 0 Å². The van der Waals surface area contributed by atoms with Crippen molar-refractivity contribution < 1.29 is 4.79 Å². The molecule has 3 nitrogen and oxygen atoms in total. The van der Waals surface area contributed by atoms with Crippen LogP contribution in [-0.2, 0) is 11.2 Å². The molecule has 2 aromatic carbocycles. The van der Waals surface area contributed by atoms with Gasteiger partial charge in [0, 0.05) is 23.4 Å². The minimum Gasteiger partial charge on any atom is -0.349 e. The summed E-state index contributed by atoms with van der Waals surface area (Å²) in [7, 11) is 0. The van der Waals surface area contributed by atoms with Crippen LogP contribution in [0.5, 0.6) is 0 Å². The highest BCUT2D eigenvalue weighted by molar-refractivity contribution is 5.79. The number of rotatable bonds is 5. The second-order valence-corrected chi connectivity index (χ2v) is 6.33. The van der Waals surface area contributed by atoms with Crippen LogP contribution in [0.15, 0.2) is 66.7 Å². The third-order valence-electron chi connectivity index (χ3n) is 4.11. The SMILES string of the molecule is CC(C)C(=O)NC(Cc1ccc2ccccc2n1)c1ccccc1. The van der Waals surface area contributed by atoms with E-state index in [2.05, 4.69) is 17.4 Å². The first-order valence-electron chi connectivity index (χ1n) is 8.33. The maximum Gasteiger partial charge on any atom is 0.223 e. The van der Waals surface area contributed by atoms with Crippen LogP contribution in [-0.4, -0.2) is 10.9 Å². The van der Waals surface area contributed by atoms with Gasteiger partial charge in [0.2, 0.25) is 5.91 Å². The summed E-state index contributed by atoms with van der Waals surface area (Å²) >= 11 is 0. The molecule has 0 aliphatic carbocycles. The van der Waals surface area contributed by atoms with Gasteiger partial charge in [0.05, 0.1) is 11.6 Å². The predicted octanol–water partition coefficient (Wildman–Crippen LogP) is 4.29. The van der Waals surface area contributed by atoms with Crippen molar-refractivity contribution in [1.82, 2.24) is 10.3 Å². The number of carbonyl (C=O) groups is 1. The molecule has 0 saturated heterocycles. The van der Waals surface area contributed by atoms with Crippen LogP contribution in [0.2, 0.25) is 0 Å². The van der Waals surface area contributed by atoms with Gasteiger partial charge < -0.3 is 5.32 Å². The van der Waals surface area contributed by atoms with Crippen molar-refractivity contribution in [3.05, 3.63) is 78.0 Å². The second kappa shape index (κ2) is 7.26. The number of carbonyl (C=O) groups excluding carboxylic acids is 1. The third-order valence-corrected chi connectivity index (χ3v) is 4.11. The number of nitrogens with zero attached hydrogens (tertiary/aromatic N) is 1. The lowest BCUT2D eigenvalue weighted by Gasteiger charge is -2.20.